The van der Waals surface area contributed by atoms with Gasteiger partial charge in [-0.15, -0.1) is 0 Å². The summed E-state index contributed by atoms with van der Waals surface area (Å²) in [7, 11) is 0. The highest BCUT2D eigenvalue weighted by Gasteiger charge is 2.27. The van der Waals surface area contributed by atoms with E-state index in [0.717, 1.165) is 37.3 Å². The zero-order valence-electron chi connectivity index (χ0n) is 22.4. The maximum atomic E-state index is 12.4. The van der Waals surface area contributed by atoms with Gasteiger partial charge < -0.3 is 15.5 Å². The number of carbonyl (C=O) groups is 1. The Bertz CT molecular complexity index is 1230. The normalized spacial score (nSPS) is 17.2. The maximum Gasteiger partial charge on any atom is 0.224 e. The average Bonchev–Trinajstić information content (AvgIpc) is 3.39. The van der Waals surface area contributed by atoms with Crippen LogP contribution in [0.15, 0.2) is 54.7 Å². The Kier molecular flexibility index (Phi) is 7.56. The number of nitrogens with zero attached hydrogens (tertiary/aromatic N) is 3. The van der Waals surface area contributed by atoms with Gasteiger partial charge in [0.1, 0.15) is 0 Å². The van der Waals surface area contributed by atoms with Crippen LogP contribution in [0, 0.1) is 5.41 Å². The monoisotopic (exact) mass is 497 g/mol. The summed E-state index contributed by atoms with van der Waals surface area (Å²) in [5, 5.41) is 6.48. The van der Waals surface area contributed by atoms with Crippen LogP contribution in [0.2, 0.25) is 0 Å². The first-order chi connectivity index (χ1) is 17.9. The Morgan fingerprint density at radius 2 is 1.81 bits per heavy atom. The molecule has 1 aromatic heterocycles. The van der Waals surface area contributed by atoms with Gasteiger partial charge in [0.15, 0.2) is 0 Å². The summed E-state index contributed by atoms with van der Waals surface area (Å²) in [5.41, 5.74) is 6.72. The standard InChI is InChI=1S/C31H39N5O/c1-31(2,3)20-28(37)34-24-13-11-22(12-14-24)27-19-23-21-33-30(32-15-8-18-36-16-6-7-17-36)35-29(23)26-10-5-4-9-25(26)27/h4-5,9-14,21,27H,6-8,15-20H2,1-3H3,(H,34,37)(H,32,33,35). The number of carbonyl (C=O) groups excluding carboxylic acids is 1. The van der Waals surface area contributed by atoms with Gasteiger partial charge >= 0.3 is 0 Å². The fourth-order valence-corrected chi connectivity index (χ4v) is 5.51. The molecule has 2 aromatic carbocycles. The summed E-state index contributed by atoms with van der Waals surface area (Å²) < 4.78 is 0. The number of aromatic nitrogens is 2. The molecule has 1 amide bonds. The van der Waals surface area contributed by atoms with Crippen molar-refractivity contribution >= 4 is 17.5 Å². The van der Waals surface area contributed by atoms with Gasteiger partial charge in [-0.2, -0.15) is 0 Å². The van der Waals surface area contributed by atoms with Crippen molar-refractivity contribution < 1.29 is 4.79 Å². The fourth-order valence-electron chi connectivity index (χ4n) is 5.51. The smallest absolute Gasteiger partial charge is 0.224 e. The summed E-state index contributed by atoms with van der Waals surface area (Å²) in [4.78, 5) is 24.5. The molecular weight excluding hydrogens is 458 g/mol. The molecule has 37 heavy (non-hydrogen) atoms. The molecule has 2 aliphatic rings. The molecule has 6 nitrogen and oxygen atoms in total. The third-order valence-corrected chi connectivity index (χ3v) is 7.30. The molecule has 2 N–H and O–H groups in total. The lowest BCUT2D eigenvalue weighted by Crippen LogP contribution is -2.22. The van der Waals surface area contributed by atoms with Crippen molar-refractivity contribution in [3.05, 3.63) is 71.4 Å². The van der Waals surface area contributed by atoms with E-state index in [1.807, 2.05) is 18.3 Å². The number of nitrogens with one attached hydrogen (secondary N) is 2. The third kappa shape index (κ3) is 6.37. The Morgan fingerprint density at radius 3 is 2.57 bits per heavy atom. The number of amides is 1. The zero-order valence-corrected chi connectivity index (χ0v) is 22.4. The summed E-state index contributed by atoms with van der Waals surface area (Å²) in [6.45, 7) is 10.7. The topological polar surface area (TPSA) is 70.2 Å². The second kappa shape index (κ2) is 11.0. The summed E-state index contributed by atoms with van der Waals surface area (Å²) >= 11 is 0. The number of hydrogen-bond acceptors (Lipinski definition) is 5. The first-order valence-corrected chi connectivity index (χ1v) is 13.7. The number of rotatable bonds is 8. The minimum absolute atomic E-state index is 0.0335. The first-order valence-electron chi connectivity index (χ1n) is 13.7. The predicted octanol–water partition coefficient (Wildman–Crippen LogP) is 6.10. The SMILES string of the molecule is CC(C)(C)CC(=O)Nc1ccc(C2Cc3cnc(NCCCN4CCCC4)nc3-c3ccccc32)cc1. The van der Waals surface area contributed by atoms with E-state index in [4.69, 9.17) is 4.98 Å². The molecule has 2 heterocycles. The molecule has 1 aliphatic carbocycles. The van der Waals surface area contributed by atoms with Crippen molar-refractivity contribution in [2.75, 3.05) is 36.8 Å². The predicted molar refractivity (Wildman–Crippen MR) is 151 cm³/mol. The molecule has 0 spiro atoms. The van der Waals surface area contributed by atoms with E-state index in [9.17, 15) is 4.79 Å². The van der Waals surface area contributed by atoms with Gasteiger partial charge in [-0.05, 0) is 79.6 Å². The number of fused-ring (bicyclic) bond motifs is 3. The van der Waals surface area contributed by atoms with E-state index in [1.54, 1.807) is 0 Å². The number of benzene rings is 2. The number of anilines is 2. The second-order valence-electron chi connectivity index (χ2n) is 11.6. The molecule has 3 aromatic rings. The van der Waals surface area contributed by atoms with E-state index in [1.165, 1.54) is 48.2 Å². The van der Waals surface area contributed by atoms with Crippen LogP contribution in [-0.4, -0.2) is 47.0 Å². The molecule has 1 saturated heterocycles. The Labute approximate surface area is 220 Å². The molecule has 1 unspecified atom stereocenters. The minimum atomic E-state index is -0.0335. The molecule has 194 valence electrons. The summed E-state index contributed by atoms with van der Waals surface area (Å²) in [5.74, 6) is 0.990. The minimum Gasteiger partial charge on any atom is -0.354 e. The summed E-state index contributed by atoms with van der Waals surface area (Å²) in [6.07, 6.45) is 7.12. The quantitative estimate of drug-likeness (QED) is 0.368. The lowest BCUT2D eigenvalue weighted by atomic mass is 9.78. The van der Waals surface area contributed by atoms with Crippen LogP contribution in [-0.2, 0) is 11.2 Å². The van der Waals surface area contributed by atoms with Crippen LogP contribution in [0.1, 0.15) is 69.1 Å². The molecule has 6 heteroatoms. The van der Waals surface area contributed by atoms with Gasteiger partial charge in [0.05, 0.1) is 5.69 Å². The van der Waals surface area contributed by atoms with E-state index < -0.39 is 0 Å². The van der Waals surface area contributed by atoms with E-state index in [0.29, 0.717) is 12.4 Å². The van der Waals surface area contributed by atoms with Crippen LogP contribution >= 0.6 is 0 Å². The molecular formula is C31H39N5O. The van der Waals surface area contributed by atoms with E-state index >= 15 is 0 Å². The van der Waals surface area contributed by atoms with Gasteiger partial charge in [-0.25, -0.2) is 9.97 Å². The largest absolute Gasteiger partial charge is 0.354 e. The lowest BCUT2D eigenvalue weighted by Gasteiger charge is -2.27. The second-order valence-corrected chi connectivity index (χ2v) is 11.6. The van der Waals surface area contributed by atoms with Crippen LogP contribution in [0.3, 0.4) is 0 Å². The third-order valence-electron chi connectivity index (χ3n) is 7.30. The maximum absolute atomic E-state index is 12.4. The Balaban J connectivity index is 1.28. The molecule has 1 aliphatic heterocycles. The van der Waals surface area contributed by atoms with Crippen molar-refractivity contribution in [1.82, 2.24) is 14.9 Å². The van der Waals surface area contributed by atoms with Gasteiger partial charge in [0.2, 0.25) is 11.9 Å². The zero-order chi connectivity index (χ0) is 25.8. The Morgan fingerprint density at radius 1 is 1.05 bits per heavy atom. The van der Waals surface area contributed by atoms with Crippen molar-refractivity contribution in [1.29, 1.82) is 0 Å². The van der Waals surface area contributed by atoms with E-state index in [-0.39, 0.29) is 17.2 Å². The highest BCUT2D eigenvalue weighted by atomic mass is 16.1. The van der Waals surface area contributed by atoms with Crippen molar-refractivity contribution in [2.24, 2.45) is 5.41 Å². The lowest BCUT2D eigenvalue weighted by molar-refractivity contribution is -0.117. The van der Waals surface area contributed by atoms with Crippen LogP contribution in [0.25, 0.3) is 11.3 Å². The highest BCUT2D eigenvalue weighted by Crippen LogP contribution is 2.42. The first kappa shape index (κ1) is 25.4. The molecule has 0 radical (unpaired) electrons. The van der Waals surface area contributed by atoms with Gasteiger partial charge in [0, 0.05) is 36.3 Å². The average molecular weight is 498 g/mol. The van der Waals surface area contributed by atoms with E-state index in [2.05, 4.69) is 77.7 Å². The van der Waals surface area contributed by atoms with Gasteiger partial charge in [-0.1, -0.05) is 57.2 Å². The number of hydrogen-bond donors (Lipinski definition) is 2. The molecule has 0 saturated carbocycles. The molecule has 1 atom stereocenters. The van der Waals surface area contributed by atoms with Crippen LogP contribution < -0.4 is 10.6 Å². The molecule has 1 fully saturated rings. The molecule has 0 bridgehead atoms. The van der Waals surface area contributed by atoms with Crippen LogP contribution in [0.4, 0.5) is 11.6 Å². The van der Waals surface area contributed by atoms with Crippen molar-refractivity contribution in [3.63, 3.8) is 0 Å². The fraction of sp³-hybridized carbons (Fsp3) is 0.452. The van der Waals surface area contributed by atoms with Crippen molar-refractivity contribution in [3.8, 4) is 11.3 Å². The van der Waals surface area contributed by atoms with Crippen molar-refractivity contribution in [2.45, 2.75) is 58.8 Å². The van der Waals surface area contributed by atoms with Gasteiger partial charge in [0.25, 0.3) is 0 Å². The van der Waals surface area contributed by atoms with Crippen LogP contribution in [0.5, 0.6) is 0 Å². The summed E-state index contributed by atoms with van der Waals surface area (Å²) in [6, 6.07) is 16.9. The highest BCUT2D eigenvalue weighted by molar-refractivity contribution is 5.91. The Hall–Kier alpha value is -3.25. The number of likely N-dealkylation sites (tertiary alicyclic amines) is 1. The van der Waals surface area contributed by atoms with Gasteiger partial charge in [-0.3, -0.25) is 4.79 Å². The molecule has 5 rings (SSSR count).